The van der Waals surface area contributed by atoms with Gasteiger partial charge < -0.3 is 10.1 Å². The molecule has 0 aliphatic carbocycles. The fourth-order valence-corrected chi connectivity index (χ4v) is 3.21. The van der Waals surface area contributed by atoms with Crippen molar-refractivity contribution in [3.05, 3.63) is 21.3 Å². The minimum Gasteiger partial charge on any atom is -0.381 e. The van der Waals surface area contributed by atoms with Crippen molar-refractivity contribution in [1.29, 1.82) is 0 Å². The van der Waals surface area contributed by atoms with E-state index in [1.165, 1.54) is 11.3 Å². The Balaban J connectivity index is 1.82. The van der Waals surface area contributed by atoms with Crippen LogP contribution in [0.4, 0.5) is 4.39 Å². The number of aryl methyl sites for hydroxylation is 1. The van der Waals surface area contributed by atoms with Crippen LogP contribution in [0.1, 0.15) is 24.1 Å². The third kappa shape index (κ3) is 4.16. The van der Waals surface area contributed by atoms with E-state index >= 15 is 0 Å². The number of carbonyl (C=O) groups excluding carboxylic acids is 1. The third-order valence-electron chi connectivity index (χ3n) is 3.33. The van der Waals surface area contributed by atoms with Crippen LogP contribution >= 0.6 is 22.9 Å². The molecule has 0 bridgehead atoms. The van der Waals surface area contributed by atoms with Crippen LogP contribution in [-0.4, -0.2) is 31.3 Å². The molecule has 1 saturated heterocycles. The molecule has 0 aromatic carbocycles. The molecule has 1 N–H and O–H groups in total. The Bertz CT molecular complexity index is 432. The SMILES string of the molecule is O=C(CCc1cc(Cl)cs1)NC1(CF)CCOCC1. The number of amides is 1. The van der Waals surface area contributed by atoms with E-state index < -0.39 is 12.2 Å². The second-order valence-corrected chi connectivity index (χ2v) is 6.24. The van der Waals surface area contributed by atoms with Crippen LogP contribution in [0.3, 0.4) is 0 Å². The summed E-state index contributed by atoms with van der Waals surface area (Å²) in [4.78, 5) is 13.0. The van der Waals surface area contributed by atoms with E-state index in [0.717, 1.165) is 4.88 Å². The zero-order valence-corrected chi connectivity index (χ0v) is 12.2. The van der Waals surface area contributed by atoms with Gasteiger partial charge in [-0.15, -0.1) is 11.3 Å². The highest BCUT2D eigenvalue weighted by Crippen LogP contribution is 2.23. The van der Waals surface area contributed by atoms with E-state index in [4.69, 9.17) is 16.3 Å². The van der Waals surface area contributed by atoms with Crippen LogP contribution < -0.4 is 5.32 Å². The number of carbonyl (C=O) groups is 1. The van der Waals surface area contributed by atoms with E-state index in [1.807, 2.05) is 11.4 Å². The summed E-state index contributed by atoms with van der Waals surface area (Å²) in [6.45, 7) is 0.475. The molecule has 0 saturated carbocycles. The van der Waals surface area contributed by atoms with Crippen molar-refractivity contribution in [1.82, 2.24) is 5.32 Å². The number of nitrogens with one attached hydrogen (secondary N) is 1. The maximum atomic E-state index is 13.2. The summed E-state index contributed by atoms with van der Waals surface area (Å²) in [7, 11) is 0. The number of halogens is 2. The van der Waals surface area contributed by atoms with Gasteiger partial charge in [0.1, 0.15) is 6.67 Å². The summed E-state index contributed by atoms with van der Waals surface area (Å²) in [6.07, 6.45) is 2.08. The molecule has 0 unspecified atom stereocenters. The van der Waals surface area contributed by atoms with Crippen molar-refractivity contribution in [3.8, 4) is 0 Å². The maximum absolute atomic E-state index is 13.2. The summed E-state index contributed by atoms with van der Waals surface area (Å²) in [5, 5.41) is 5.38. The van der Waals surface area contributed by atoms with Gasteiger partial charge in [0.25, 0.3) is 0 Å². The van der Waals surface area contributed by atoms with E-state index in [-0.39, 0.29) is 5.91 Å². The molecule has 1 fully saturated rings. The van der Waals surface area contributed by atoms with Gasteiger partial charge in [-0.3, -0.25) is 4.79 Å². The highest BCUT2D eigenvalue weighted by molar-refractivity contribution is 7.10. The quantitative estimate of drug-likeness (QED) is 0.908. The average molecular weight is 306 g/mol. The van der Waals surface area contributed by atoms with Crippen LogP contribution in [0, 0.1) is 0 Å². The van der Waals surface area contributed by atoms with Gasteiger partial charge in [-0.1, -0.05) is 11.6 Å². The predicted octanol–water partition coefficient (Wildman–Crippen LogP) is 2.97. The third-order valence-corrected chi connectivity index (χ3v) is 4.67. The Labute approximate surface area is 121 Å². The first-order valence-electron chi connectivity index (χ1n) is 6.31. The Morgan fingerprint density at radius 1 is 1.53 bits per heavy atom. The average Bonchev–Trinajstić information content (AvgIpc) is 2.83. The maximum Gasteiger partial charge on any atom is 0.220 e. The van der Waals surface area contributed by atoms with Crippen molar-refractivity contribution in [2.24, 2.45) is 0 Å². The van der Waals surface area contributed by atoms with Gasteiger partial charge in [0.05, 0.1) is 10.6 Å². The number of rotatable bonds is 5. The fourth-order valence-electron chi connectivity index (χ4n) is 2.13. The molecule has 1 aromatic rings. The molecule has 6 heteroatoms. The number of thiophene rings is 1. The van der Waals surface area contributed by atoms with E-state index in [9.17, 15) is 9.18 Å². The standard InChI is InChI=1S/C13H17ClFNO2S/c14-10-7-11(19-8-10)1-2-12(17)16-13(9-15)3-5-18-6-4-13/h7-8H,1-6,9H2,(H,16,17). The van der Waals surface area contributed by atoms with Crippen molar-refractivity contribution < 1.29 is 13.9 Å². The summed E-state index contributed by atoms with van der Waals surface area (Å²) in [5.74, 6) is -0.107. The van der Waals surface area contributed by atoms with Crippen LogP contribution in [0.15, 0.2) is 11.4 Å². The van der Waals surface area contributed by atoms with Gasteiger partial charge in [-0.25, -0.2) is 4.39 Å². The Morgan fingerprint density at radius 3 is 2.84 bits per heavy atom. The molecular weight excluding hydrogens is 289 g/mol. The molecule has 19 heavy (non-hydrogen) atoms. The molecule has 2 rings (SSSR count). The van der Waals surface area contributed by atoms with Crippen molar-refractivity contribution in [3.63, 3.8) is 0 Å². The molecule has 0 spiro atoms. The zero-order valence-electron chi connectivity index (χ0n) is 10.6. The first-order chi connectivity index (χ1) is 9.13. The summed E-state index contributed by atoms with van der Waals surface area (Å²) in [6, 6.07) is 1.86. The van der Waals surface area contributed by atoms with Gasteiger partial charge in [0.2, 0.25) is 5.91 Å². The van der Waals surface area contributed by atoms with Crippen molar-refractivity contribution in [2.45, 2.75) is 31.2 Å². The normalized spacial score (nSPS) is 18.2. The largest absolute Gasteiger partial charge is 0.381 e. The minimum atomic E-state index is -0.720. The van der Waals surface area contributed by atoms with Crippen LogP contribution in [-0.2, 0) is 16.0 Å². The fraction of sp³-hybridized carbons (Fsp3) is 0.615. The Morgan fingerprint density at radius 2 is 2.26 bits per heavy atom. The monoisotopic (exact) mass is 305 g/mol. The van der Waals surface area contributed by atoms with Crippen molar-refractivity contribution >= 4 is 28.8 Å². The number of hydrogen-bond donors (Lipinski definition) is 1. The predicted molar refractivity (Wildman–Crippen MR) is 74.6 cm³/mol. The number of alkyl halides is 1. The smallest absolute Gasteiger partial charge is 0.220 e. The van der Waals surface area contributed by atoms with Crippen molar-refractivity contribution in [2.75, 3.05) is 19.9 Å². The summed E-state index contributed by atoms with van der Waals surface area (Å²) >= 11 is 7.36. The molecule has 0 atom stereocenters. The van der Waals surface area contributed by atoms with Crippen LogP contribution in [0.5, 0.6) is 0 Å². The summed E-state index contributed by atoms with van der Waals surface area (Å²) in [5.41, 5.74) is -0.720. The molecule has 1 aliphatic rings. The molecule has 0 radical (unpaired) electrons. The minimum absolute atomic E-state index is 0.107. The Hall–Kier alpha value is -0.650. The number of hydrogen-bond acceptors (Lipinski definition) is 3. The van der Waals surface area contributed by atoms with E-state index in [2.05, 4.69) is 5.32 Å². The van der Waals surface area contributed by atoms with Gasteiger partial charge in [-0.2, -0.15) is 0 Å². The lowest BCUT2D eigenvalue weighted by molar-refractivity contribution is -0.124. The van der Waals surface area contributed by atoms with Gasteiger partial charge in [0, 0.05) is 29.9 Å². The lowest BCUT2D eigenvalue weighted by atomic mass is 9.91. The highest BCUT2D eigenvalue weighted by atomic mass is 35.5. The molecular formula is C13H17ClFNO2S. The van der Waals surface area contributed by atoms with Crippen LogP contribution in [0.2, 0.25) is 5.02 Å². The van der Waals surface area contributed by atoms with Gasteiger partial charge >= 0.3 is 0 Å². The second-order valence-electron chi connectivity index (χ2n) is 4.81. The first-order valence-corrected chi connectivity index (χ1v) is 7.57. The second kappa shape index (κ2) is 6.68. The topological polar surface area (TPSA) is 38.3 Å². The zero-order chi connectivity index (χ0) is 13.7. The van der Waals surface area contributed by atoms with Crippen LogP contribution in [0.25, 0.3) is 0 Å². The van der Waals surface area contributed by atoms with E-state index in [0.29, 0.717) is 43.9 Å². The van der Waals surface area contributed by atoms with E-state index in [1.54, 1.807) is 0 Å². The molecule has 3 nitrogen and oxygen atoms in total. The van der Waals surface area contributed by atoms with Gasteiger partial charge in [0.15, 0.2) is 0 Å². The molecule has 1 aromatic heterocycles. The lowest BCUT2D eigenvalue weighted by Gasteiger charge is -2.35. The Kier molecular flexibility index (Phi) is 5.19. The lowest BCUT2D eigenvalue weighted by Crippen LogP contribution is -2.53. The molecule has 2 heterocycles. The van der Waals surface area contributed by atoms with Gasteiger partial charge in [-0.05, 0) is 25.3 Å². The molecule has 1 amide bonds. The molecule has 106 valence electrons. The first kappa shape index (κ1) is 14.8. The highest BCUT2D eigenvalue weighted by Gasteiger charge is 2.34. The molecule has 1 aliphatic heterocycles. The number of ether oxygens (including phenoxy) is 1. The summed E-state index contributed by atoms with van der Waals surface area (Å²) < 4.78 is 18.4.